The van der Waals surface area contributed by atoms with E-state index in [2.05, 4.69) is 24.1 Å². The first-order valence-electron chi connectivity index (χ1n) is 10.5. The molecule has 0 spiro atoms. The van der Waals surface area contributed by atoms with E-state index in [9.17, 15) is 9.59 Å². The lowest BCUT2D eigenvalue weighted by Gasteiger charge is -2.35. The molecule has 0 radical (unpaired) electrons. The van der Waals surface area contributed by atoms with Crippen LogP contribution in [0.3, 0.4) is 0 Å². The number of likely N-dealkylation sites (tertiary alicyclic amines) is 1. The van der Waals surface area contributed by atoms with E-state index in [-0.39, 0.29) is 11.8 Å². The van der Waals surface area contributed by atoms with Gasteiger partial charge in [0.25, 0.3) is 5.91 Å². The number of piperidine rings is 2. The monoisotopic (exact) mass is 371 g/mol. The molecule has 0 bridgehead atoms. The summed E-state index contributed by atoms with van der Waals surface area (Å²) in [5.74, 6) is 1.50. The molecule has 2 aliphatic rings. The number of carbonyl (C=O) groups excluding carboxylic acids is 2. The number of amides is 2. The molecular weight excluding hydrogens is 338 g/mol. The molecule has 5 heteroatoms. The standard InChI is InChI=1S/C22H33N3O2/c1-4-21(26)23-18-5-6-20(24-11-7-16(2)8-12-24)19(15-18)22(27)25-13-9-17(3)10-14-25/h5-6,15-17H,4,7-14H2,1-3H3,(H,23,26). The third-order valence-corrected chi connectivity index (χ3v) is 6.03. The third kappa shape index (κ3) is 4.82. The molecule has 2 saturated heterocycles. The zero-order valence-electron chi connectivity index (χ0n) is 17.0. The highest BCUT2D eigenvalue weighted by Crippen LogP contribution is 2.30. The first-order valence-corrected chi connectivity index (χ1v) is 10.5. The second-order valence-electron chi connectivity index (χ2n) is 8.28. The average molecular weight is 372 g/mol. The summed E-state index contributed by atoms with van der Waals surface area (Å²) in [5, 5.41) is 2.91. The zero-order valence-corrected chi connectivity index (χ0v) is 17.0. The molecule has 27 heavy (non-hydrogen) atoms. The van der Waals surface area contributed by atoms with Crippen LogP contribution in [0.5, 0.6) is 0 Å². The summed E-state index contributed by atoms with van der Waals surface area (Å²) < 4.78 is 0. The number of nitrogens with zero attached hydrogens (tertiary/aromatic N) is 2. The second-order valence-corrected chi connectivity index (χ2v) is 8.28. The quantitative estimate of drug-likeness (QED) is 0.865. The van der Waals surface area contributed by atoms with Crippen molar-refractivity contribution in [3.63, 3.8) is 0 Å². The van der Waals surface area contributed by atoms with Crippen LogP contribution in [0.15, 0.2) is 18.2 Å². The maximum Gasteiger partial charge on any atom is 0.256 e. The average Bonchev–Trinajstić information content (AvgIpc) is 2.68. The Hall–Kier alpha value is -2.04. The first kappa shape index (κ1) is 19.7. The predicted molar refractivity (Wildman–Crippen MR) is 110 cm³/mol. The fraction of sp³-hybridized carbons (Fsp3) is 0.636. The van der Waals surface area contributed by atoms with Gasteiger partial charge in [-0.25, -0.2) is 0 Å². The number of rotatable bonds is 4. The first-order chi connectivity index (χ1) is 13.0. The smallest absolute Gasteiger partial charge is 0.256 e. The molecule has 2 fully saturated rings. The molecule has 1 aromatic carbocycles. The van der Waals surface area contributed by atoms with Gasteiger partial charge in [0.05, 0.1) is 5.56 Å². The molecule has 5 nitrogen and oxygen atoms in total. The number of carbonyl (C=O) groups is 2. The lowest BCUT2D eigenvalue weighted by atomic mass is 9.96. The van der Waals surface area contributed by atoms with Gasteiger partial charge >= 0.3 is 0 Å². The van der Waals surface area contributed by atoms with Gasteiger partial charge in [-0.1, -0.05) is 20.8 Å². The van der Waals surface area contributed by atoms with E-state index in [1.54, 1.807) is 0 Å². The van der Waals surface area contributed by atoms with Crippen molar-refractivity contribution in [2.45, 2.75) is 52.9 Å². The summed E-state index contributed by atoms with van der Waals surface area (Å²) in [4.78, 5) is 29.5. The van der Waals surface area contributed by atoms with Gasteiger partial charge in [-0.15, -0.1) is 0 Å². The number of hydrogen-bond donors (Lipinski definition) is 1. The van der Waals surface area contributed by atoms with Crippen LogP contribution in [0.25, 0.3) is 0 Å². The van der Waals surface area contributed by atoms with Crippen molar-refractivity contribution in [3.8, 4) is 0 Å². The summed E-state index contributed by atoms with van der Waals surface area (Å²) in [6.45, 7) is 9.99. The molecule has 1 aromatic rings. The van der Waals surface area contributed by atoms with Gasteiger partial charge in [-0.3, -0.25) is 9.59 Å². The highest BCUT2D eigenvalue weighted by Gasteiger charge is 2.26. The number of nitrogens with one attached hydrogen (secondary N) is 1. The van der Waals surface area contributed by atoms with Gasteiger partial charge in [-0.2, -0.15) is 0 Å². The Balaban J connectivity index is 1.87. The summed E-state index contributed by atoms with van der Waals surface area (Å²) in [5.41, 5.74) is 2.46. The molecule has 0 aromatic heterocycles. The topological polar surface area (TPSA) is 52.7 Å². The largest absolute Gasteiger partial charge is 0.371 e. The van der Waals surface area contributed by atoms with Crippen LogP contribution in [-0.4, -0.2) is 42.9 Å². The lowest BCUT2D eigenvalue weighted by Crippen LogP contribution is -2.40. The van der Waals surface area contributed by atoms with Crippen LogP contribution < -0.4 is 10.2 Å². The Kier molecular flexibility index (Phi) is 6.40. The van der Waals surface area contributed by atoms with E-state index >= 15 is 0 Å². The molecule has 0 aliphatic carbocycles. The molecule has 0 atom stereocenters. The van der Waals surface area contributed by atoms with E-state index in [0.717, 1.165) is 69.0 Å². The summed E-state index contributed by atoms with van der Waals surface area (Å²) in [7, 11) is 0. The van der Waals surface area contributed by atoms with Crippen molar-refractivity contribution < 1.29 is 9.59 Å². The SMILES string of the molecule is CCC(=O)Nc1ccc(N2CCC(C)CC2)c(C(=O)N2CCC(C)CC2)c1. The van der Waals surface area contributed by atoms with E-state index in [1.165, 1.54) is 0 Å². The maximum absolute atomic E-state index is 13.3. The van der Waals surface area contributed by atoms with Crippen LogP contribution in [0.2, 0.25) is 0 Å². The Labute approximate surface area is 163 Å². The Bertz CT molecular complexity index is 672. The predicted octanol–water partition coefficient (Wildman–Crippen LogP) is 4.14. The van der Waals surface area contributed by atoms with Gasteiger partial charge in [0.1, 0.15) is 0 Å². The van der Waals surface area contributed by atoms with E-state index in [1.807, 2.05) is 30.0 Å². The molecule has 2 aliphatic heterocycles. The minimum absolute atomic E-state index is 0.0280. The molecule has 3 rings (SSSR count). The normalized spacial score (nSPS) is 19.2. The molecule has 2 heterocycles. The fourth-order valence-corrected chi connectivity index (χ4v) is 3.94. The Morgan fingerprint density at radius 3 is 2.19 bits per heavy atom. The van der Waals surface area contributed by atoms with Crippen molar-refractivity contribution in [2.24, 2.45) is 11.8 Å². The third-order valence-electron chi connectivity index (χ3n) is 6.03. The van der Waals surface area contributed by atoms with Crippen LogP contribution in [0, 0.1) is 11.8 Å². The highest BCUT2D eigenvalue weighted by molar-refractivity contribution is 6.02. The summed E-state index contributed by atoms with van der Waals surface area (Å²) in [6.07, 6.45) is 4.87. The number of anilines is 2. The molecule has 0 saturated carbocycles. The van der Waals surface area contributed by atoms with Crippen molar-refractivity contribution >= 4 is 23.2 Å². The minimum atomic E-state index is -0.0280. The van der Waals surface area contributed by atoms with Gasteiger partial charge in [0, 0.05) is 44.0 Å². The zero-order chi connectivity index (χ0) is 19.4. The number of benzene rings is 1. The van der Waals surface area contributed by atoms with E-state index in [0.29, 0.717) is 18.0 Å². The molecule has 148 valence electrons. The minimum Gasteiger partial charge on any atom is -0.371 e. The van der Waals surface area contributed by atoms with Gasteiger partial charge in [0.2, 0.25) is 5.91 Å². The van der Waals surface area contributed by atoms with E-state index < -0.39 is 0 Å². The maximum atomic E-state index is 13.3. The lowest BCUT2D eigenvalue weighted by molar-refractivity contribution is -0.115. The summed E-state index contributed by atoms with van der Waals surface area (Å²) in [6, 6.07) is 5.82. The van der Waals surface area contributed by atoms with Gasteiger partial charge < -0.3 is 15.1 Å². The van der Waals surface area contributed by atoms with Crippen molar-refractivity contribution in [1.82, 2.24) is 4.90 Å². The van der Waals surface area contributed by atoms with Crippen molar-refractivity contribution in [3.05, 3.63) is 23.8 Å². The Morgan fingerprint density at radius 2 is 1.59 bits per heavy atom. The van der Waals surface area contributed by atoms with Crippen LogP contribution in [-0.2, 0) is 4.79 Å². The Morgan fingerprint density at radius 1 is 1.00 bits per heavy atom. The van der Waals surface area contributed by atoms with Crippen LogP contribution in [0.4, 0.5) is 11.4 Å². The van der Waals surface area contributed by atoms with Crippen molar-refractivity contribution in [1.29, 1.82) is 0 Å². The number of hydrogen-bond acceptors (Lipinski definition) is 3. The highest BCUT2D eigenvalue weighted by atomic mass is 16.2. The van der Waals surface area contributed by atoms with Crippen LogP contribution >= 0.6 is 0 Å². The molecule has 0 unspecified atom stereocenters. The van der Waals surface area contributed by atoms with Gasteiger partial charge in [0.15, 0.2) is 0 Å². The molecule has 1 N–H and O–H groups in total. The van der Waals surface area contributed by atoms with Crippen LogP contribution in [0.1, 0.15) is 63.2 Å². The fourth-order valence-electron chi connectivity index (χ4n) is 3.94. The summed E-state index contributed by atoms with van der Waals surface area (Å²) >= 11 is 0. The van der Waals surface area contributed by atoms with Crippen molar-refractivity contribution in [2.75, 3.05) is 36.4 Å². The molecular formula is C22H33N3O2. The van der Waals surface area contributed by atoms with Gasteiger partial charge in [-0.05, 0) is 55.7 Å². The second kappa shape index (κ2) is 8.77. The van der Waals surface area contributed by atoms with E-state index in [4.69, 9.17) is 0 Å². The molecule has 2 amide bonds.